The van der Waals surface area contributed by atoms with Crippen LogP contribution in [0.2, 0.25) is 0 Å². The molecule has 0 aliphatic carbocycles. The molecule has 1 fully saturated rings. The van der Waals surface area contributed by atoms with Gasteiger partial charge in [-0.3, -0.25) is 9.59 Å². The molecule has 6 nitrogen and oxygen atoms in total. The standard InChI is InChI=1S/C12H23N3O3/c1-9(12(17)13-6-3-7-18-2)15-10-4-5-11(16)14-8-10/h9-10,15H,3-8H2,1-2H3,(H,13,17)(H,14,16). The van der Waals surface area contributed by atoms with Crippen LogP contribution in [-0.4, -0.2) is 50.7 Å². The van der Waals surface area contributed by atoms with Gasteiger partial charge in [-0.1, -0.05) is 0 Å². The average Bonchev–Trinajstić information content (AvgIpc) is 2.37. The van der Waals surface area contributed by atoms with Crippen LogP contribution in [-0.2, 0) is 14.3 Å². The van der Waals surface area contributed by atoms with E-state index < -0.39 is 0 Å². The summed E-state index contributed by atoms with van der Waals surface area (Å²) in [6.45, 7) is 3.71. The molecule has 1 heterocycles. The quantitative estimate of drug-likeness (QED) is 0.532. The van der Waals surface area contributed by atoms with E-state index in [2.05, 4.69) is 16.0 Å². The minimum absolute atomic E-state index is 0.0111. The second-order valence-electron chi connectivity index (χ2n) is 4.57. The second-order valence-corrected chi connectivity index (χ2v) is 4.57. The van der Waals surface area contributed by atoms with Crippen molar-refractivity contribution in [2.75, 3.05) is 26.8 Å². The molecule has 0 saturated carbocycles. The zero-order chi connectivity index (χ0) is 13.4. The summed E-state index contributed by atoms with van der Waals surface area (Å²) in [7, 11) is 1.64. The summed E-state index contributed by atoms with van der Waals surface area (Å²) in [6, 6.07) is -0.0602. The maximum atomic E-state index is 11.7. The van der Waals surface area contributed by atoms with Crippen LogP contribution in [0.25, 0.3) is 0 Å². The van der Waals surface area contributed by atoms with Gasteiger partial charge >= 0.3 is 0 Å². The van der Waals surface area contributed by atoms with Gasteiger partial charge in [0.05, 0.1) is 6.04 Å². The molecule has 1 aliphatic heterocycles. The summed E-state index contributed by atoms with van der Waals surface area (Å²) in [5.74, 6) is 0.0766. The molecule has 2 unspecified atom stereocenters. The smallest absolute Gasteiger partial charge is 0.236 e. The third kappa shape index (κ3) is 5.46. The highest BCUT2D eigenvalue weighted by atomic mass is 16.5. The monoisotopic (exact) mass is 257 g/mol. The van der Waals surface area contributed by atoms with E-state index in [1.807, 2.05) is 6.92 Å². The minimum Gasteiger partial charge on any atom is -0.385 e. The summed E-state index contributed by atoms with van der Waals surface area (Å²) in [4.78, 5) is 22.7. The molecule has 3 N–H and O–H groups in total. The van der Waals surface area contributed by atoms with Crippen molar-refractivity contribution in [1.82, 2.24) is 16.0 Å². The first-order valence-corrected chi connectivity index (χ1v) is 6.43. The van der Waals surface area contributed by atoms with Crippen molar-refractivity contribution in [3.05, 3.63) is 0 Å². The number of nitrogens with one attached hydrogen (secondary N) is 3. The van der Waals surface area contributed by atoms with Crippen molar-refractivity contribution in [3.8, 4) is 0 Å². The molecule has 2 atom stereocenters. The molecule has 1 rings (SSSR count). The number of piperidine rings is 1. The summed E-state index contributed by atoms with van der Waals surface area (Å²) >= 11 is 0. The summed E-state index contributed by atoms with van der Waals surface area (Å²) in [5, 5.41) is 8.86. The molecule has 18 heavy (non-hydrogen) atoms. The Bertz CT molecular complexity index is 274. The molecule has 0 spiro atoms. The molecule has 0 aromatic heterocycles. The fraction of sp³-hybridized carbons (Fsp3) is 0.833. The van der Waals surface area contributed by atoms with Crippen LogP contribution in [0.1, 0.15) is 26.2 Å². The minimum atomic E-state index is -0.243. The Morgan fingerprint density at radius 3 is 3.00 bits per heavy atom. The number of hydrogen-bond donors (Lipinski definition) is 3. The number of carbonyl (C=O) groups is 2. The summed E-state index contributed by atoms with van der Waals surface area (Å²) < 4.78 is 4.91. The zero-order valence-corrected chi connectivity index (χ0v) is 11.1. The summed E-state index contributed by atoms with van der Waals surface area (Å²) in [6.07, 6.45) is 2.13. The Morgan fingerprint density at radius 2 is 2.39 bits per heavy atom. The van der Waals surface area contributed by atoms with Gasteiger partial charge in [0.25, 0.3) is 0 Å². The molecule has 104 valence electrons. The van der Waals surface area contributed by atoms with Gasteiger partial charge in [-0.05, 0) is 19.8 Å². The van der Waals surface area contributed by atoms with Crippen LogP contribution < -0.4 is 16.0 Å². The predicted octanol–water partition coefficient (Wildman–Crippen LogP) is -0.604. The normalized spacial score (nSPS) is 21.2. The number of amides is 2. The molecular weight excluding hydrogens is 234 g/mol. The van der Waals surface area contributed by atoms with Crippen LogP contribution in [0, 0.1) is 0 Å². The van der Waals surface area contributed by atoms with Gasteiger partial charge in [0, 0.05) is 39.3 Å². The zero-order valence-electron chi connectivity index (χ0n) is 11.1. The number of methoxy groups -OCH3 is 1. The number of ether oxygens (including phenoxy) is 1. The molecule has 1 aliphatic rings. The fourth-order valence-electron chi connectivity index (χ4n) is 1.89. The molecule has 0 radical (unpaired) electrons. The summed E-state index contributed by atoms with van der Waals surface area (Å²) in [5.41, 5.74) is 0. The molecular formula is C12H23N3O3. The van der Waals surface area contributed by atoms with Gasteiger partial charge in [-0.25, -0.2) is 0 Å². The van der Waals surface area contributed by atoms with Crippen LogP contribution in [0.5, 0.6) is 0 Å². The number of hydrogen-bond acceptors (Lipinski definition) is 4. The van der Waals surface area contributed by atoms with Crippen molar-refractivity contribution in [1.29, 1.82) is 0 Å². The van der Waals surface area contributed by atoms with E-state index in [-0.39, 0.29) is 23.9 Å². The Kier molecular flexibility index (Phi) is 6.67. The molecule has 0 aromatic carbocycles. The van der Waals surface area contributed by atoms with Crippen molar-refractivity contribution < 1.29 is 14.3 Å². The van der Waals surface area contributed by atoms with Crippen molar-refractivity contribution >= 4 is 11.8 Å². The molecule has 0 aromatic rings. The predicted molar refractivity (Wildman–Crippen MR) is 68.1 cm³/mol. The molecule has 0 bridgehead atoms. The van der Waals surface area contributed by atoms with Gasteiger partial charge in [0.1, 0.15) is 0 Å². The van der Waals surface area contributed by atoms with Crippen LogP contribution in [0.15, 0.2) is 0 Å². The SMILES string of the molecule is COCCCNC(=O)C(C)NC1CCC(=O)NC1. The van der Waals surface area contributed by atoms with E-state index in [0.717, 1.165) is 12.8 Å². The van der Waals surface area contributed by atoms with E-state index >= 15 is 0 Å². The molecule has 2 amide bonds. The van der Waals surface area contributed by atoms with Gasteiger partial charge < -0.3 is 20.7 Å². The fourth-order valence-corrected chi connectivity index (χ4v) is 1.89. The lowest BCUT2D eigenvalue weighted by Gasteiger charge is -2.26. The van der Waals surface area contributed by atoms with E-state index in [1.165, 1.54) is 0 Å². The highest BCUT2D eigenvalue weighted by Crippen LogP contribution is 2.03. The Morgan fingerprint density at radius 1 is 1.61 bits per heavy atom. The van der Waals surface area contributed by atoms with E-state index in [9.17, 15) is 9.59 Å². The molecule has 1 saturated heterocycles. The average molecular weight is 257 g/mol. The van der Waals surface area contributed by atoms with Crippen LogP contribution in [0.3, 0.4) is 0 Å². The third-order valence-electron chi connectivity index (χ3n) is 2.97. The maximum Gasteiger partial charge on any atom is 0.236 e. The first-order valence-electron chi connectivity index (χ1n) is 6.43. The van der Waals surface area contributed by atoms with Crippen molar-refractivity contribution in [2.45, 2.75) is 38.3 Å². The lowest BCUT2D eigenvalue weighted by Crippen LogP contribution is -2.52. The number of carbonyl (C=O) groups excluding carboxylic acids is 2. The van der Waals surface area contributed by atoms with Gasteiger partial charge in [0.15, 0.2) is 0 Å². The number of rotatable bonds is 7. The Balaban J connectivity index is 2.16. The largest absolute Gasteiger partial charge is 0.385 e. The van der Waals surface area contributed by atoms with Crippen molar-refractivity contribution in [2.24, 2.45) is 0 Å². The topological polar surface area (TPSA) is 79.5 Å². The second kappa shape index (κ2) is 8.05. The lowest BCUT2D eigenvalue weighted by molar-refractivity contribution is -0.123. The molecule has 6 heteroatoms. The van der Waals surface area contributed by atoms with Gasteiger partial charge in [-0.15, -0.1) is 0 Å². The first-order chi connectivity index (χ1) is 8.63. The van der Waals surface area contributed by atoms with Gasteiger partial charge in [0.2, 0.25) is 11.8 Å². The Hall–Kier alpha value is -1.14. The third-order valence-corrected chi connectivity index (χ3v) is 2.97. The highest BCUT2D eigenvalue weighted by Gasteiger charge is 2.21. The van der Waals surface area contributed by atoms with Crippen LogP contribution in [0.4, 0.5) is 0 Å². The van der Waals surface area contributed by atoms with Gasteiger partial charge in [-0.2, -0.15) is 0 Å². The highest BCUT2D eigenvalue weighted by molar-refractivity contribution is 5.81. The van der Waals surface area contributed by atoms with E-state index in [0.29, 0.717) is 26.1 Å². The lowest BCUT2D eigenvalue weighted by atomic mass is 10.1. The van der Waals surface area contributed by atoms with Crippen molar-refractivity contribution in [3.63, 3.8) is 0 Å². The maximum absolute atomic E-state index is 11.7. The van der Waals surface area contributed by atoms with E-state index in [1.54, 1.807) is 7.11 Å². The van der Waals surface area contributed by atoms with Crippen LogP contribution >= 0.6 is 0 Å². The van der Waals surface area contributed by atoms with E-state index in [4.69, 9.17) is 4.74 Å². The first kappa shape index (κ1) is 14.9. The Labute approximate surface area is 108 Å².